The quantitative estimate of drug-likeness (QED) is 0.735. The average molecular weight is 430 g/mol. The third kappa shape index (κ3) is 5.90. The number of amides is 1. The number of rotatable bonds is 7. The van der Waals surface area contributed by atoms with Gasteiger partial charge in [-0.25, -0.2) is 8.42 Å². The Hall–Kier alpha value is -2.22. The highest BCUT2D eigenvalue weighted by Gasteiger charge is 2.28. The molecule has 3 rings (SSSR count). The van der Waals surface area contributed by atoms with Crippen molar-refractivity contribution in [3.05, 3.63) is 70.8 Å². The zero-order chi connectivity index (χ0) is 21.7. The Labute approximate surface area is 179 Å². The van der Waals surface area contributed by atoms with Crippen molar-refractivity contribution in [1.29, 1.82) is 0 Å². The molecule has 1 N–H and O–H groups in total. The van der Waals surface area contributed by atoms with Crippen molar-refractivity contribution in [2.24, 2.45) is 0 Å². The highest BCUT2D eigenvalue weighted by atomic mass is 32.2. The molecule has 1 amide bonds. The number of piperazine rings is 1. The van der Waals surface area contributed by atoms with Crippen molar-refractivity contribution in [2.45, 2.75) is 32.6 Å². The molecule has 0 bridgehead atoms. The fourth-order valence-electron chi connectivity index (χ4n) is 3.65. The number of hydrogen-bond acceptors (Lipinski definition) is 4. The maximum atomic E-state index is 12.7. The van der Waals surface area contributed by atoms with Crippen molar-refractivity contribution in [3.63, 3.8) is 0 Å². The summed E-state index contributed by atoms with van der Waals surface area (Å²) in [6.45, 7) is 8.34. The predicted molar refractivity (Wildman–Crippen MR) is 120 cm³/mol. The highest BCUT2D eigenvalue weighted by Crippen LogP contribution is 2.17. The second kappa shape index (κ2) is 9.73. The van der Waals surface area contributed by atoms with Crippen molar-refractivity contribution in [1.82, 2.24) is 14.5 Å². The van der Waals surface area contributed by atoms with Crippen LogP contribution in [-0.2, 0) is 20.6 Å². The van der Waals surface area contributed by atoms with Gasteiger partial charge in [-0.3, -0.25) is 9.69 Å². The van der Waals surface area contributed by atoms with Gasteiger partial charge in [0.15, 0.2) is 0 Å². The van der Waals surface area contributed by atoms with Crippen LogP contribution in [0.4, 0.5) is 0 Å². The number of carbonyl (C=O) groups is 1. The standard InChI is InChI=1S/C23H31N3O3S/c1-18-9-10-22(15-19(18)2)20(3)24-23(27)16-25-11-13-26(14-12-25)30(28,29)17-21-7-5-4-6-8-21/h4-10,15,20H,11-14,16-17H2,1-3H3,(H,24,27)/t20-/m0/s1. The molecule has 1 atom stereocenters. The van der Waals surface area contributed by atoms with Crippen LogP contribution in [0, 0.1) is 13.8 Å². The van der Waals surface area contributed by atoms with Crippen LogP contribution in [0.3, 0.4) is 0 Å². The normalized spacial score (nSPS) is 16.9. The fourth-order valence-corrected chi connectivity index (χ4v) is 5.17. The first-order chi connectivity index (χ1) is 14.2. The molecule has 7 heteroatoms. The van der Waals surface area contributed by atoms with Crippen LogP contribution in [0.2, 0.25) is 0 Å². The van der Waals surface area contributed by atoms with Gasteiger partial charge in [0, 0.05) is 26.2 Å². The van der Waals surface area contributed by atoms with Crippen LogP contribution in [0.15, 0.2) is 48.5 Å². The number of aryl methyl sites for hydroxylation is 2. The zero-order valence-electron chi connectivity index (χ0n) is 18.0. The number of nitrogens with one attached hydrogen (secondary N) is 1. The van der Waals surface area contributed by atoms with E-state index in [-0.39, 0.29) is 24.2 Å². The lowest BCUT2D eigenvalue weighted by atomic mass is 10.0. The third-order valence-corrected chi connectivity index (χ3v) is 7.54. The smallest absolute Gasteiger partial charge is 0.234 e. The molecule has 162 valence electrons. The third-order valence-electron chi connectivity index (χ3n) is 5.69. The largest absolute Gasteiger partial charge is 0.348 e. The van der Waals surface area contributed by atoms with E-state index in [0.717, 1.165) is 11.1 Å². The summed E-state index contributed by atoms with van der Waals surface area (Å²) in [6.07, 6.45) is 0. The van der Waals surface area contributed by atoms with E-state index < -0.39 is 10.0 Å². The van der Waals surface area contributed by atoms with Gasteiger partial charge in [0.25, 0.3) is 0 Å². The summed E-state index contributed by atoms with van der Waals surface area (Å²) in [4.78, 5) is 14.5. The molecule has 0 radical (unpaired) electrons. The van der Waals surface area contributed by atoms with E-state index in [9.17, 15) is 13.2 Å². The van der Waals surface area contributed by atoms with E-state index in [1.165, 1.54) is 15.4 Å². The topological polar surface area (TPSA) is 69.7 Å². The van der Waals surface area contributed by atoms with Crippen LogP contribution in [0.1, 0.15) is 35.2 Å². The molecule has 0 unspecified atom stereocenters. The first-order valence-corrected chi connectivity index (χ1v) is 12.0. The van der Waals surface area contributed by atoms with E-state index in [4.69, 9.17) is 0 Å². The van der Waals surface area contributed by atoms with Gasteiger partial charge in [0.2, 0.25) is 15.9 Å². The molecule has 0 spiro atoms. The van der Waals surface area contributed by atoms with Crippen LogP contribution < -0.4 is 5.32 Å². The van der Waals surface area contributed by atoms with Gasteiger partial charge in [0.05, 0.1) is 18.3 Å². The molecule has 2 aromatic rings. The molecular weight excluding hydrogens is 398 g/mol. The number of sulfonamides is 1. The average Bonchev–Trinajstić information content (AvgIpc) is 2.70. The summed E-state index contributed by atoms with van der Waals surface area (Å²) >= 11 is 0. The Morgan fingerprint density at radius 2 is 1.67 bits per heavy atom. The SMILES string of the molecule is Cc1ccc([C@H](C)NC(=O)CN2CCN(S(=O)(=O)Cc3ccccc3)CC2)cc1C. The zero-order valence-corrected chi connectivity index (χ0v) is 18.8. The van der Waals surface area contributed by atoms with E-state index >= 15 is 0 Å². The summed E-state index contributed by atoms with van der Waals surface area (Å²) in [5, 5.41) is 3.05. The van der Waals surface area contributed by atoms with Gasteiger partial charge in [-0.15, -0.1) is 0 Å². The maximum absolute atomic E-state index is 12.7. The van der Waals surface area contributed by atoms with Crippen molar-refractivity contribution < 1.29 is 13.2 Å². The lowest BCUT2D eigenvalue weighted by Crippen LogP contribution is -2.51. The van der Waals surface area contributed by atoms with E-state index in [1.54, 1.807) is 0 Å². The number of benzene rings is 2. The van der Waals surface area contributed by atoms with Crippen LogP contribution in [-0.4, -0.2) is 56.3 Å². The van der Waals surface area contributed by atoms with Gasteiger partial charge >= 0.3 is 0 Å². The molecule has 0 aliphatic carbocycles. The Morgan fingerprint density at radius 1 is 1.00 bits per heavy atom. The van der Waals surface area contributed by atoms with Crippen LogP contribution in [0.25, 0.3) is 0 Å². The summed E-state index contributed by atoms with van der Waals surface area (Å²) < 4.78 is 26.9. The maximum Gasteiger partial charge on any atom is 0.234 e. The summed E-state index contributed by atoms with van der Waals surface area (Å²) in [5.41, 5.74) is 4.32. The number of hydrogen-bond donors (Lipinski definition) is 1. The Bertz CT molecular complexity index is 968. The predicted octanol–water partition coefficient (Wildman–Crippen LogP) is 2.63. The Balaban J connectivity index is 1.48. The summed E-state index contributed by atoms with van der Waals surface area (Å²) in [7, 11) is -3.34. The van der Waals surface area contributed by atoms with Gasteiger partial charge in [0.1, 0.15) is 0 Å². The molecule has 2 aromatic carbocycles. The second-order valence-corrected chi connectivity index (χ2v) is 10.0. The highest BCUT2D eigenvalue weighted by molar-refractivity contribution is 7.88. The molecular formula is C23H31N3O3S. The molecule has 30 heavy (non-hydrogen) atoms. The van der Waals surface area contributed by atoms with Gasteiger partial charge in [-0.1, -0.05) is 48.5 Å². The fraction of sp³-hybridized carbons (Fsp3) is 0.435. The minimum atomic E-state index is -3.34. The first kappa shape index (κ1) is 22.5. The molecule has 1 heterocycles. The van der Waals surface area contributed by atoms with Crippen LogP contribution >= 0.6 is 0 Å². The number of carbonyl (C=O) groups excluding carboxylic acids is 1. The molecule has 0 saturated carbocycles. The van der Waals surface area contributed by atoms with Gasteiger partial charge in [-0.2, -0.15) is 4.31 Å². The second-order valence-electron chi connectivity index (χ2n) is 8.05. The Kier molecular flexibility index (Phi) is 7.28. The van der Waals surface area contributed by atoms with Crippen molar-refractivity contribution >= 4 is 15.9 Å². The summed E-state index contributed by atoms with van der Waals surface area (Å²) in [6, 6.07) is 15.4. The van der Waals surface area contributed by atoms with Crippen molar-refractivity contribution in [3.8, 4) is 0 Å². The van der Waals surface area contributed by atoms with Crippen LogP contribution in [0.5, 0.6) is 0 Å². The lowest BCUT2D eigenvalue weighted by Gasteiger charge is -2.33. The van der Waals surface area contributed by atoms with E-state index in [2.05, 4.69) is 31.3 Å². The first-order valence-electron chi connectivity index (χ1n) is 10.4. The van der Waals surface area contributed by atoms with Crippen molar-refractivity contribution in [2.75, 3.05) is 32.7 Å². The molecule has 1 saturated heterocycles. The molecule has 1 aliphatic heterocycles. The monoisotopic (exact) mass is 429 g/mol. The minimum Gasteiger partial charge on any atom is -0.348 e. The van der Waals surface area contributed by atoms with Gasteiger partial charge < -0.3 is 5.32 Å². The van der Waals surface area contributed by atoms with Gasteiger partial charge in [-0.05, 0) is 43.0 Å². The minimum absolute atomic E-state index is 0.0157. The number of nitrogens with zero attached hydrogens (tertiary/aromatic N) is 2. The molecule has 1 fully saturated rings. The Morgan fingerprint density at radius 3 is 2.30 bits per heavy atom. The van der Waals surface area contributed by atoms with E-state index in [1.807, 2.05) is 48.2 Å². The molecule has 1 aliphatic rings. The van der Waals surface area contributed by atoms with E-state index in [0.29, 0.717) is 26.2 Å². The molecule has 6 nitrogen and oxygen atoms in total. The molecule has 0 aromatic heterocycles. The summed E-state index contributed by atoms with van der Waals surface area (Å²) in [5.74, 6) is -0.0248. The lowest BCUT2D eigenvalue weighted by molar-refractivity contribution is -0.123.